The minimum absolute atomic E-state index is 0.0501. The Labute approximate surface area is 97.7 Å². The van der Waals surface area contributed by atoms with E-state index >= 15 is 0 Å². The molecule has 0 saturated carbocycles. The first kappa shape index (κ1) is 12.8. The van der Waals surface area contributed by atoms with Crippen LogP contribution in [0.15, 0.2) is 18.9 Å². The highest BCUT2D eigenvalue weighted by molar-refractivity contribution is 5.97. The fraction of sp³-hybridized carbons (Fsp3) is 0.300. The van der Waals surface area contributed by atoms with E-state index < -0.39 is 12.1 Å². The Bertz CT molecular complexity index is 439. The number of aryl methyl sites for hydroxylation is 1. The van der Waals surface area contributed by atoms with Crippen LogP contribution in [-0.2, 0) is 11.3 Å². The molecule has 0 aliphatic rings. The van der Waals surface area contributed by atoms with E-state index in [0.29, 0.717) is 6.54 Å². The lowest BCUT2D eigenvalue weighted by molar-refractivity contribution is 0.0698. The van der Waals surface area contributed by atoms with Gasteiger partial charge in [0.15, 0.2) is 0 Å². The monoisotopic (exact) mass is 239 g/mol. The number of carbonyl (C=O) groups is 2. The molecule has 2 N–H and O–H groups in total. The van der Waals surface area contributed by atoms with Crippen molar-refractivity contribution < 1.29 is 19.4 Å². The van der Waals surface area contributed by atoms with Crippen LogP contribution in [0.5, 0.6) is 0 Å². The zero-order chi connectivity index (χ0) is 12.8. The van der Waals surface area contributed by atoms with Crippen molar-refractivity contribution in [1.82, 2.24) is 9.78 Å². The third-order valence-corrected chi connectivity index (χ3v) is 1.92. The molecule has 0 aromatic carbocycles. The van der Waals surface area contributed by atoms with E-state index in [2.05, 4.69) is 17.0 Å². The van der Waals surface area contributed by atoms with Gasteiger partial charge >= 0.3 is 12.1 Å². The number of carboxylic acid groups (broad SMARTS) is 1. The molecule has 0 fully saturated rings. The average Bonchev–Trinajstić information content (AvgIpc) is 2.69. The van der Waals surface area contributed by atoms with E-state index in [-0.39, 0.29) is 18.0 Å². The molecular formula is C10H13N3O4. The van der Waals surface area contributed by atoms with Gasteiger partial charge < -0.3 is 9.84 Å². The second-order valence-electron chi connectivity index (χ2n) is 3.04. The summed E-state index contributed by atoms with van der Waals surface area (Å²) in [4.78, 5) is 22.2. The maximum Gasteiger partial charge on any atom is 0.413 e. The number of hydrogen-bond acceptors (Lipinski definition) is 4. The summed E-state index contributed by atoms with van der Waals surface area (Å²) in [7, 11) is 0. The maximum absolute atomic E-state index is 11.3. The Kier molecular flexibility index (Phi) is 4.27. The predicted molar refractivity (Wildman–Crippen MR) is 60.0 cm³/mol. The molecule has 92 valence electrons. The minimum atomic E-state index is -1.16. The number of carboxylic acids is 1. The molecule has 0 radical (unpaired) electrons. The Hall–Kier alpha value is -2.31. The van der Waals surface area contributed by atoms with Gasteiger partial charge in [0, 0.05) is 6.54 Å². The van der Waals surface area contributed by atoms with Gasteiger partial charge in [-0.15, -0.1) is 0 Å². The Morgan fingerprint density at radius 3 is 2.94 bits per heavy atom. The Balaban J connectivity index is 2.87. The van der Waals surface area contributed by atoms with Crippen LogP contribution in [0.3, 0.4) is 0 Å². The topological polar surface area (TPSA) is 93.4 Å². The van der Waals surface area contributed by atoms with Gasteiger partial charge in [0.2, 0.25) is 0 Å². The van der Waals surface area contributed by atoms with Crippen molar-refractivity contribution in [3.05, 3.63) is 24.4 Å². The smallest absolute Gasteiger partial charge is 0.413 e. The van der Waals surface area contributed by atoms with Crippen molar-refractivity contribution in [2.75, 3.05) is 11.9 Å². The number of rotatable bonds is 5. The maximum atomic E-state index is 11.3. The molecule has 0 spiro atoms. The predicted octanol–water partition coefficient (Wildman–Crippen LogP) is 1.34. The molecule has 7 heteroatoms. The number of aromatic nitrogens is 2. The van der Waals surface area contributed by atoms with Crippen LogP contribution >= 0.6 is 0 Å². The molecular weight excluding hydrogens is 226 g/mol. The molecule has 0 unspecified atom stereocenters. The SMILES string of the molecule is C=CCOC(=O)Nc1c(C(=O)O)cnn1CC. The zero-order valence-corrected chi connectivity index (χ0v) is 9.34. The first-order valence-corrected chi connectivity index (χ1v) is 4.93. The third-order valence-electron chi connectivity index (χ3n) is 1.92. The number of aromatic carboxylic acids is 1. The lowest BCUT2D eigenvalue weighted by Crippen LogP contribution is -2.18. The highest BCUT2D eigenvalue weighted by atomic mass is 16.5. The van der Waals surface area contributed by atoms with E-state index in [9.17, 15) is 9.59 Å². The molecule has 1 amide bonds. The van der Waals surface area contributed by atoms with Gasteiger partial charge in [-0.2, -0.15) is 5.10 Å². The second-order valence-corrected chi connectivity index (χ2v) is 3.04. The highest BCUT2D eigenvalue weighted by Crippen LogP contribution is 2.15. The van der Waals surface area contributed by atoms with Crippen LogP contribution in [0.4, 0.5) is 10.6 Å². The normalized spacial score (nSPS) is 9.71. The van der Waals surface area contributed by atoms with Crippen LogP contribution in [-0.4, -0.2) is 33.6 Å². The summed E-state index contributed by atoms with van der Waals surface area (Å²) in [6.07, 6.45) is 1.84. The van der Waals surface area contributed by atoms with Gasteiger partial charge in [-0.3, -0.25) is 5.32 Å². The lowest BCUT2D eigenvalue weighted by atomic mass is 10.3. The van der Waals surface area contributed by atoms with E-state index in [1.165, 1.54) is 17.0 Å². The fourth-order valence-corrected chi connectivity index (χ4v) is 1.18. The summed E-state index contributed by atoms with van der Waals surface area (Å²) < 4.78 is 6.06. The summed E-state index contributed by atoms with van der Waals surface area (Å²) in [6, 6.07) is 0. The van der Waals surface area contributed by atoms with Crippen LogP contribution in [0.1, 0.15) is 17.3 Å². The van der Waals surface area contributed by atoms with Crippen molar-refractivity contribution in [2.24, 2.45) is 0 Å². The first-order valence-electron chi connectivity index (χ1n) is 4.93. The van der Waals surface area contributed by atoms with Crippen LogP contribution in [0.2, 0.25) is 0 Å². The van der Waals surface area contributed by atoms with Crippen molar-refractivity contribution >= 4 is 17.9 Å². The summed E-state index contributed by atoms with van der Waals surface area (Å²) in [5.41, 5.74) is -0.0811. The summed E-state index contributed by atoms with van der Waals surface area (Å²) in [5.74, 6) is -1.06. The van der Waals surface area contributed by atoms with E-state index in [0.717, 1.165) is 0 Å². The molecule has 0 aliphatic carbocycles. The quantitative estimate of drug-likeness (QED) is 0.756. The Morgan fingerprint density at radius 2 is 2.41 bits per heavy atom. The van der Waals surface area contributed by atoms with Gasteiger partial charge in [0.1, 0.15) is 18.0 Å². The Morgan fingerprint density at radius 1 is 1.71 bits per heavy atom. The molecule has 7 nitrogen and oxygen atoms in total. The summed E-state index contributed by atoms with van der Waals surface area (Å²) in [5, 5.41) is 15.1. The van der Waals surface area contributed by atoms with Crippen molar-refractivity contribution in [3.8, 4) is 0 Å². The summed E-state index contributed by atoms with van der Waals surface area (Å²) in [6.45, 7) is 5.65. The van der Waals surface area contributed by atoms with Crippen molar-refractivity contribution in [3.63, 3.8) is 0 Å². The molecule has 1 rings (SSSR count). The van der Waals surface area contributed by atoms with Crippen LogP contribution in [0, 0.1) is 0 Å². The van der Waals surface area contributed by atoms with Gasteiger partial charge in [-0.1, -0.05) is 12.7 Å². The molecule has 1 aromatic rings. The number of hydrogen-bond donors (Lipinski definition) is 2. The fourth-order valence-electron chi connectivity index (χ4n) is 1.18. The number of anilines is 1. The zero-order valence-electron chi connectivity index (χ0n) is 9.34. The van der Waals surface area contributed by atoms with E-state index in [4.69, 9.17) is 9.84 Å². The lowest BCUT2D eigenvalue weighted by Gasteiger charge is -2.08. The van der Waals surface area contributed by atoms with Crippen LogP contribution in [0.25, 0.3) is 0 Å². The molecule has 0 saturated heterocycles. The molecule has 1 aromatic heterocycles. The molecule has 0 bridgehead atoms. The molecule has 17 heavy (non-hydrogen) atoms. The van der Waals surface area contributed by atoms with Gasteiger partial charge in [-0.25, -0.2) is 14.3 Å². The summed E-state index contributed by atoms with van der Waals surface area (Å²) >= 11 is 0. The number of nitrogens with zero attached hydrogens (tertiary/aromatic N) is 2. The van der Waals surface area contributed by atoms with Crippen molar-refractivity contribution in [1.29, 1.82) is 0 Å². The number of amides is 1. The van der Waals surface area contributed by atoms with Gasteiger partial charge in [0.25, 0.3) is 0 Å². The van der Waals surface area contributed by atoms with Crippen molar-refractivity contribution in [2.45, 2.75) is 13.5 Å². The third kappa shape index (κ3) is 3.07. The molecule has 1 heterocycles. The van der Waals surface area contributed by atoms with Gasteiger partial charge in [0.05, 0.1) is 6.20 Å². The average molecular weight is 239 g/mol. The van der Waals surface area contributed by atoms with Crippen LogP contribution < -0.4 is 5.32 Å². The number of ether oxygens (including phenoxy) is 1. The molecule has 0 atom stereocenters. The standard InChI is InChI=1S/C10H13N3O4/c1-3-5-17-10(16)12-8-7(9(14)15)6-11-13(8)4-2/h3,6H,1,4-5H2,2H3,(H,12,16)(H,14,15). The second kappa shape index (κ2) is 5.69. The van der Waals surface area contributed by atoms with E-state index in [1.54, 1.807) is 6.92 Å². The number of nitrogens with one attached hydrogen (secondary N) is 1. The minimum Gasteiger partial charge on any atom is -0.477 e. The van der Waals surface area contributed by atoms with Gasteiger partial charge in [-0.05, 0) is 6.92 Å². The number of carbonyl (C=O) groups excluding carboxylic acids is 1. The largest absolute Gasteiger partial charge is 0.477 e. The molecule has 0 aliphatic heterocycles. The first-order chi connectivity index (χ1) is 8.10. The van der Waals surface area contributed by atoms with E-state index in [1.807, 2.05) is 0 Å². The highest BCUT2D eigenvalue weighted by Gasteiger charge is 2.18.